The summed E-state index contributed by atoms with van der Waals surface area (Å²) in [6.07, 6.45) is 1.79. The van der Waals surface area contributed by atoms with Crippen LogP contribution in [0.5, 0.6) is 0 Å². The van der Waals surface area contributed by atoms with Gasteiger partial charge in [0.2, 0.25) is 21.1 Å². The van der Waals surface area contributed by atoms with E-state index in [0.717, 1.165) is 18.0 Å². The number of anilines is 2. The summed E-state index contributed by atoms with van der Waals surface area (Å²) < 4.78 is 27.3. The van der Waals surface area contributed by atoms with Gasteiger partial charge >= 0.3 is 0 Å². The number of amides is 1. The van der Waals surface area contributed by atoms with Gasteiger partial charge in [0.15, 0.2) is 4.34 Å². The minimum Gasteiger partial charge on any atom is -0.358 e. The van der Waals surface area contributed by atoms with E-state index in [1.54, 1.807) is 19.1 Å². The Morgan fingerprint density at radius 1 is 1.14 bits per heavy atom. The third-order valence-corrected chi connectivity index (χ3v) is 8.24. The van der Waals surface area contributed by atoms with Crippen LogP contribution in [0, 0.1) is 0 Å². The average Bonchev–Trinajstić information content (AvgIpc) is 3.34. The van der Waals surface area contributed by atoms with Crippen molar-refractivity contribution in [1.29, 1.82) is 0 Å². The molecule has 1 unspecified atom stereocenters. The van der Waals surface area contributed by atoms with Crippen LogP contribution in [0.4, 0.5) is 10.8 Å². The lowest BCUT2D eigenvalue weighted by atomic mass is 10.3. The van der Waals surface area contributed by atoms with E-state index in [2.05, 4.69) is 20.8 Å². The fraction of sp³-hybridized carbons (Fsp3) is 0.500. The smallest absolute Gasteiger partial charge is 0.243 e. The van der Waals surface area contributed by atoms with Crippen LogP contribution in [0.1, 0.15) is 33.6 Å². The van der Waals surface area contributed by atoms with Crippen molar-refractivity contribution in [2.75, 3.05) is 23.7 Å². The van der Waals surface area contributed by atoms with Crippen LogP contribution >= 0.6 is 23.1 Å². The highest BCUT2D eigenvalue weighted by atomic mass is 32.2. The molecule has 0 radical (unpaired) electrons. The zero-order valence-electron chi connectivity index (χ0n) is 16.6. The number of aromatic nitrogens is 2. The molecule has 1 amide bonds. The number of sulfonamides is 1. The van der Waals surface area contributed by atoms with E-state index in [4.69, 9.17) is 0 Å². The van der Waals surface area contributed by atoms with Gasteiger partial charge in [-0.15, -0.1) is 10.2 Å². The van der Waals surface area contributed by atoms with E-state index in [9.17, 15) is 13.2 Å². The molecule has 0 saturated carbocycles. The second kappa shape index (κ2) is 9.41. The number of nitrogens with zero attached hydrogens (tertiary/aromatic N) is 3. The van der Waals surface area contributed by atoms with E-state index >= 15 is 0 Å². The summed E-state index contributed by atoms with van der Waals surface area (Å²) in [6.45, 7) is 6.96. The van der Waals surface area contributed by atoms with Gasteiger partial charge < -0.3 is 10.6 Å². The number of hydrogen-bond acceptors (Lipinski definition) is 8. The quantitative estimate of drug-likeness (QED) is 0.589. The van der Waals surface area contributed by atoms with Gasteiger partial charge in [-0.1, -0.05) is 23.1 Å². The van der Waals surface area contributed by atoms with Gasteiger partial charge in [-0.2, -0.15) is 4.31 Å². The topological polar surface area (TPSA) is 104 Å². The molecule has 0 bridgehead atoms. The Balaban J connectivity index is 1.58. The van der Waals surface area contributed by atoms with E-state index in [1.165, 1.54) is 39.5 Å². The Labute approximate surface area is 179 Å². The van der Waals surface area contributed by atoms with Crippen molar-refractivity contribution in [3.63, 3.8) is 0 Å². The van der Waals surface area contributed by atoms with Crippen LogP contribution in [0.15, 0.2) is 33.5 Å². The first-order valence-corrected chi connectivity index (χ1v) is 12.6. The molecule has 1 aliphatic rings. The normalized spacial score (nSPS) is 16.1. The SMILES string of the molecule is CC(C)Nc1nnc(SC(C)C(=O)Nc2ccc(S(=O)(=O)N3CCCC3)cc2)s1. The Morgan fingerprint density at radius 2 is 1.79 bits per heavy atom. The number of thioether (sulfide) groups is 1. The van der Waals surface area contributed by atoms with Crippen molar-refractivity contribution in [2.45, 2.75) is 54.1 Å². The average molecular weight is 456 g/mol. The molecule has 0 aliphatic carbocycles. The first-order valence-electron chi connectivity index (χ1n) is 9.43. The zero-order valence-corrected chi connectivity index (χ0v) is 19.0. The first-order chi connectivity index (χ1) is 13.8. The van der Waals surface area contributed by atoms with Gasteiger partial charge in [0.1, 0.15) is 0 Å². The van der Waals surface area contributed by atoms with Crippen molar-refractivity contribution in [3.05, 3.63) is 24.3 Å². The van der Waals surface area contributed by atoms with Gasteiger partial charge in [0.05, 0.1) is 10.1 Å². The number of hydrogen-bond donors (Lipinski definition) is 2. The molecular weight excluding hydrogens is 430 g/mol. The van der Waals surface area contributed by atoms with Gasteiger partial charge in [0.25, 0.3) is 0 Å². The zero-order chi connectivity index (χ0) is 21.0. The maximum absolute atomic E-state index is 12.6. The third-order valence-electron chi connectivity index (χ3n) is 4.29. The summed E-state index contributed by atoms with van der Waals surface area (Å²) >= 11 is 2.74. The molecule has 1 fully saturated rings. The molecular formula is C18H25N5O3S3. The lowest BCUT2D eigenvalue weighted by Crippen LogP contribution is -2.27. The number of carbonyl (C=O) groups excluding carboxylic acids is 1. The van der Waals surface area contributed by atoms with Crippen molar-refractivity contribution in [3.8, 4) is 0 Å². The first kappa shape index (κ1) is 22.0. The molecule has 158 valence electrons. The number of rotatable bonds is 8. The monoisotopic (exact) mass is 455 g/mol. The number of nitrogens with one attached hydrogen (secondary N) is 2. The second-order valence-corrected chi connectivity index (χ2v) is 11.6. The standard InChI is InChI=1S/C18H25N5O3S3/c1-12(2)19-17-21-22-18(28-17)27-13(3)16(24)20-14-6-8-15(9-7-14)29(25,26)23-10-4-5-11-23/h6-9,12-13H,4-5,10-11H2,1-3H3,(H,19,21)(H,20,24). The van der Waals surface area contributed by atoms with Gasteiger partial charge in [-0.3, -0.25) is 4.79 Å². The maximum atomic E-state index is 12.6. The van der Waals surface area contributed by atoms with E-state index in [0.29, 0.717) is 23.1 Å². The summed E-state index contributed by atoms with van der Waals surface area (Å²) in [5, 5.41) is 14.5. The van der Waals surface area contributed by atoms with Crippen LogP contribution in [0.2, 0.25) is 0 Å². The predicted molar refractivity (Wildman–Crippen MR) is 117 cm³/mol. The van der Waals surface area contributed by atoms with E-state index < -0.39 is 10.0 Å². The predicted octanol–water partition coefficient (Wildman–Crippen LogP) is 3.26. The molecule has 29 heavy (non-hydrogen) atoms. The van der Waals surface area contributed by atoms with Crippen LogP contribution in [-0.2, 0) is 14.8 Å². The summed E-state index contributed by atoms with van der Waals surface area (Å²) in [4.78, 5) is 12.7. The minimum absolute atomic E-state index is 0.182. The molecule has 11 heteroatoms. The van der Waals surface area contributed by atoms with Crippen LogP contribution in [0.3, 0.4) is 0 Å². The van der Waals surface area contributed by atoms with E-state index in [1.807, 2.05) is 13.8 Å². The maximum Gasteiger partial charge on any atom is 0.243 e. The van der Waals surface area contributed by atoms with Crippen LogP contribution < -0.4 is 10.6 Å². The Morgan fingerprint density at radius 3 is 2.41 bits per heavy atom. The van der Waals surface area contributed by atoms with Crippen molar-refractivity contribution >= 4 is 49.8 Å². The largest absolute Gasteiger partial charge is 0.358 e. The highest BCUT2D eigenvalue weighted by Gasteiger charge is 2.27. The Hall–Kier alpha value is -1.69. The molecule has 2 N–H and O–H groups in total. The fourth-order valence-electron chi connectivity index (χ4n) is 2.80. The molecule has 1 aliphatic heterocycles. The van der Waals surface area contributed by atoms with E-state index in [-0.39, 0.29) is 22.1 Å². The van der Waals surface area contributed by atoms with Gasteiger partial charge in [0, 0.05) is 24.8 Å². The molecule has 2 aromatic rings. The molecule has 3 rings (SSSR count). The van der Waals surface area contributed by atoms with Crippen LogP contribution in [-0.4, -0.2) is 53.2 Å². The lowest BCUT2D eigenvalue weighted by molar-refractivity contribution is -0.115. The molecule has 1 aromatic carbocycles. The molecule has 1 atom stereocenters. The van der Waals surface area contributed by atoms with Gasteiger partial charge in [-0.05, 0) is 57.9 Å². The molecule has 2 heterocycles. The summed E-state index contributed by atoms with van der Waals surface area (Å²) in [7, 11) is -3.45. The summed E-state index contributed by atoms with van der Waals surface area (Å²) in [6, 6.07) is 6.58. The highest BCUT2D eigenvalue weighted by Crippen LogP contribution is 2.30. The fourth-order valence-corrected chi connectivity index (χ4v) is 6.36. The lowest BCUT2D eigenvalue weighted by Gasteiger charge is -2.16. The molecule has 1 saturated heterocycles. The number of carbonyl (C=O) groups is 1. The van der Waals surface area contributed by atoms with Crippen molar-refractivity contribution in [2.24, 2.45) is 0 Å². The number of benzene rings is 1. The van der Waals surface area contributed by atoms with Crippen LogP contribution in [0.25, 0.3) is 0 Å². The highest BCUT2D eigenvalue weighted by molar-refractivity contribution is 8.02. The molecule has 8 nitrogen and oxygen atoms in total. The molecule has 1 aromatic heterocycles. The minimum atomic E-state index is -3.45. The van der Waals surface area contributed by atoms with Crippen molar-refractivity contribution in [1.82, 2.24) is 14.5 Å². The molecule has 0 spiro atoms. The second-order valence-electron chi connectivity index (χ2n) is 7.06. The summed E-state index contributed by atoms with van der Waals surface area (Å²) in [5.74, 6) is -0.182. The van der Waals surface area contributed by atoms with Crippen molar-refractivity contribution < 1.29 is 13.2 Å². The Bertz CT molecular complexity index is 938. The summed E-state index contributed by atoms with van der Waals surface area (Å²) in [5.41, 5.74) is 0.558. The Kier molecular flexibility index (Phi) is 7.14. The third kappa shape index (κ3) is 5.68. The van der Waals surface area contributed by atoms with Gasteiger partial charge in [-0.25, -0.2) is 8.42 Å².